The number of nitrogens with one attached hydrogen (secondary N) is 1. The first-order valence-corrected chi connectivity index (χ1v) is 8.73. The number of ether oxygens (including phenoxy) is 1. The summed E-state index contributed by atoms with van der Waals surface area (Å²) < 4.78 is 33.1. The smallest absolute Gasteiger partial charge is 0.242 e. The molecule has 1 fully saturated rings. The molecule has 0 aliphatic carbocycles. The van der Waals surface area contributed by atoms with Crippen LogP contribution >= 0.6 is 15.9 Å². The lowest BCUT2D eigenvalue weighted by Gasteiger charge is -2.32. The molecule has 1 aliphatic rings. The molecule has 1 saturated heterocycles. The van der Waals surface area contributed by atoms with Gasteiger partial charge < -0.3 is 4.74 Å². The van der Waals surface area contributed by atoms with Crippen LogP contribution in [0.5, 0.6) is 0 Å². The summed E-state index contributed by atoms with van der Waals surface area (Å²) in [6, 6.07) is 1.52. The average molecular weight is 364 g/mol. The molecule has 2 rings (SSSR count). The fourth-order valence-corrected chi connectivity index (χ4v) is 3.59. The normalized spacial score (nSPS) is 21.0. The molecule has 0 radical (unpaired) electrons. The van der Waals surface area contributed by atoms with Crippen molar-refractivity contribution in [1.82, 2.24) is 14.6 Å². The van der Waals surface area contributed by atoms with Crippen molar-refractivity contribution in [1.29, 1.82) is 0 Å². The van der Waals surface area contributed by atoms with E-state index < -0.39 is 10.0 Å². The van der Waals surface area contributed by atoms with Crippen molar-refractivity contribution < 1.29 is 13.2 Å². The van der Waals surface area contributed by atoms with Crippen molar-refractivity contribution in [3.63, 3.8) is 0 Å². The zero-order valence-corrected chi connectivity index (χ0v) is 13.7. The van der Waals surface area contributed by atoms with Crippen LogP contribution in [0.4, 0.5) is 0 Å². The van der Waals surface area contributed by atoms with Crippen LogP contribution in [-0.4, -0.2) is 57.2 Å². The first kappa shape index (κ1) is 15.8. The first-order chi connectivity index (χ1) is 9.51. The molecule has 0 amide bonds. The van der Waals surface area contributed by atoms with Gasteiger partial charge >= 0.3 is 0 Å². The van der Waals surface area contributed by atoms with Crippen LogP contribution in [0.15, 0.2) is 27.8 Å². The molecule has 6 nitrogen and oxygen atoms in total. The highest BCUT2D eigenvalue weighted by Gasteiger charge is 2.22. The zero-order chi connectivity index (χ0) is 14.6. The summed E-state index contributed by atoms with van der Waals surface area (Å²) in [7, 11) is -3.55. The van der Waals surface area contributed by atoms with Gasteiger partial charge in [0.2, 0.25) is 10.0 Å². The number of hydrogen-bond donors (Lipinski definition) is 1. The molecule has 0 aromatic carbocycles. The minimum absolute atomic E-state index is 0.112. The Morgan fingerprint density at radius 3 is 3.05 bits per heavy atom. The second kappa shape index (κ2) is 6.95. The van der Waals surface area contributed by atoms with Crippen LogP contribution in [-0.2, 0) is 14.8 Å². The zero-order valence-electron chi connectivity index (χ0n) is 11.3. The van der Waals surface area contributed by atoms with Crippen molar-refractivity contribution in [2.75, 3.05) is 32.8 Å². The van der Waals surface area contributed by atoms with E-state index >= 15 is 0 Å². The van der Waals surface area contributed by atoms with Crippen molar-refractivity contribution in [3.05, 3.63) is 22.9 Å². The van der Waals surface area contributed by atoms with Gasteiger partial charge in [0.05, 0.1) is 12.7 Å². The van der Waals surface area contributed by atoms with Gasteiger partial charge in [-0.15, -0.1) is 0 Å². The van der Waals surface area contributed by atoms with Gasteiger partial charge in [0.25, 0.3) is 0 Å². The highest BCUT2D eigenvalue weighted by molar-refractivity contribution is 9.10. The molecule has 0 spiro atoms. The number of likely N-dealkylation sites (N-methyl/N-ethyl adjacent to an activating group) is 1. The molecule has 0 bridgehead atoms. The average Bonchev–Trinajstić information content (AvgIpc) is 2.45. The van der Waals surface area contributed by atoms with E-state index in [4.69, 9.17) is 4.74 Å². The molecule has 1 aromatic rings. The molecule has 8 heteroatoms. The van der Waals surface area contributed by atoms with Crippen LogP contribution in [0.1, 0.15) is 6.92 Å². The van der Waals surface area contributed by atoms with E-state index in [1.165, 1.54) is 12.3 Å². The number of hydrogen-bond acceptors (Lipinski definition) is 5. The van der Waals surface area contributed by atoms with Gasteiger partial charge in [-0.2, -0.15) is 0 Å². The van der Waals surface area contributed by atoms with E-state index in [0.717, 1.165) is 19.6 Å². The lowest BCUT2D eigenvalue weighted by molar-refractivity contribution is -0.0229. The number of morpholine rings is 1. The van der Waals surface area contributed by atoms with E-state index in [-0.39, 0.29) is 17.5 Å². The number of aromatic nitrogens is 1. The Balaban J connectivity index is 1.95. The Hall–Kier alpha value is -0.540. The molecule has 1 atom stereocenters. The summed E-state index contributed by atoms with van der Waals surface area (Å²) in [5, 5.41) is 0. The molecule has 2 heterocycles. The Kier molecular flexibility index (Phi) is 5.50. The predicted molar refractivity (Wildman–Crippen MR) is 79.0 cm³/mol. The number of nitrogens with zero attached hydrogens (tertiary/aromatic N) is 2. The topological polar surface area (TPSA) is 71.5 Å². The molecule has 1 unspecified atom stereocenters. The quantitative estimate of drug-likeness (QED) is 0.839. The Morgan fingerprint density at radius 1 is 1.55 bits per heavy atom. The van der Waals surface area contributed by atoms with E-state index in [1.54, 1.807) is 6.20 Å². The van der Waals surface area contributed by atoms with Crippen molar-refractivity contribution in [2.45, 2.75) is 17.9 Å². The summed E-state index contributed by atoms with van der Waals surface area (Å²) in [5.74, 6) is 0. The lowest BCUT2D eigenvalue weighted by atomic mass is 10.3. The van der Waals surface area contributed by atoms with E-state index in [0.29, 0.717) is 11.1 Å². The van der Waals surface area contributed by atoms with E-state index in [1.807, 2.05) is 0 Å². The third-order valence-corrected chi connectivity index (χ3v) is 4.99. The number of sulfonamides is 1. The predicted octanol–water partition coefficient (Wildman–Crippen LogP) is 0.843. The third-order valence-electron chi connectivity index (χ3n) is 3.16. The number of halogens is 1. The fraction of sp³-hybridized carbons (Fsp3) is 0.583. The summed E-state index contributed by atoms with van der Waals surface area (Å²) in [4.78, 5) is 6.25. The van der Waals surface area contributed by atoms with Gasteiger partial charge in [-0.25, -0.2) is 13.1 Å². The van der Waals surface area contributed by atoms with Crippen LogP contribution in [0.25, 0.3) is 0 Å². The minimum atomic E-state index is -3.55. The maximum atomic E-state index is 12.1. The first-order valence-electron chi connectivity index (χ1n) is 6.45. The monoisotopic (exact) mass is 363 g/mol. The molecule has 112 valence electrons. The lowest BCUT2D eigenvalue weighted by Crippen LogP contribution is -2.47. The van der Waals surface area contributed by atoms with Gasteiger partial charge in [0.1, 0.15) is 4.90 Å². The van der Waals surface area contributed by atoms with Crippen molar-refractivity contribution in [3.8, 4) is 0 Å². The minimum Gasteiger partial charge on any atom is -0.374 e. The van der Waals surface area contributed by atoms with Crippen LogP contribution in [0.2, 0.25) is 0 Å². The highest BCUT2D eigenvalue weighted by Crippen LogP contribution is 2.14. The molecule has 1 aliphatic heterocycles. The third kappa shape index (κ3) is 4.23. The van der Waals surface area contributed by atoms with E-state index in [2.05, 4.69) is 37.5 Å². The summed E-state index contributed by atoms with van der Waals surface area (Å²) >= 11 is 3.21. The molecular formula is C12H18BrN3O3S. The molecule has 1 N–H and O–H groups in total. The highest BCUT2D eigenvalue weighted by atomic mass is 79.9. The number of rotatable bonds is 5. The molecular weight excluding hydrogens is 346 g/mol. The van der Waals surface area contributed by atoms with Gasteiger partial charge in [-0.1, -0.05) is 6.92 Å². The largest absolute Gasteiger partial charge is 0.374 e. The molecule has 1 aromatic heterocycles. The molecule has 20 heavy (non-hydrogen) atoms. The maximum Gasteiger partial charge on any atom is 0.242 e. The summed E-state index contributed by atoms with van der Waals surface area (Å²) in [6.07, 6.45) is 2.76. The standard InChI is InChI=1S/C12H18BrN3O3S/c1-2-16-3-4-19-11(9-16)7-15-20(17,18)12-5-10(13)6-14-8-12/h5-6,8,11,15H,2-4,7,9H2,1H3. The summed E-state index contributed by atoms with van der Waals surface area (Å²) in [6.45, 7) is 5.58. The van der Waals surface area contributed by atoms with Crippen LogP contribution < -0.4 is 4.72 Å². The fourth-order valence-electron chi connectivity index (χ4n) is 2.02. The second-order valence-electron chi connectivity index (χ2n) is 4.58. The van der Waals surface area contributed by atoms with Crippen molar-refractivity contribution >= 4 is 26.0 Å². The SMILES string of the molecule is CCN1CCOC(CNS(=O)(=O)c2cncc(Br)c2)C1. The Bertz CT molecular complexity index is 553. The van der Waals surface area contributed by atoms with Gasteiger partial charge in [0.15, 0.2) is 0 Å². The van der Waals surface area contributed by atoms with Gasteiger partial charge in [0, 0.05) is 36.5 Å². The number of pyridine rings is 1. The van der Waals surface area contributed by atoms with Crippen molar-refractivity contribution in [2.24, 2.45) is 0 Å². The van der Waals surface area contributed by atoms with Gasteiger partial charge in [-0.3, -0.25) is 9.88 Å². The maximum absolute atomic E-state index is 12.1. The van der Waals surface area contributed by atoms with E-state index in [9.17, 15) is 8.42 Å². The Labute approximate surface area is 127 Å². The summed E-state index contributed by atoms with van der Waals surface area (Å²) in [5.41, 5.74) is 0. The van der Waals surface area contributed by atoms with Crippen LogP contribution in [0, 0.1) is 0 Å². The molecule has 0 saturated carbocycles. The van der Waals surface area contributed by atoms with Crippen LogP contribution in [0.3, 0.4) is 0 Å². The second-order valence-corrected chi connectivity index (χ2v) is 7.26. The Morgan fingerprint density at radius 2 is 2.35 bits per heavy atom. The van der Waals surface area contributed by atoms with Gasteiger partial charge in [-0.05, 0) is 28.5 Å².